The van der Waals surface area contributed by atoms with E-state index in [2.05, 4.69) is 10.6 Å². The van der Waals surface area contributed by atoms with Gasteiger partial charge >= 0.3 is 12.0 Å². The summed E-state index contributed by atoms with van der Waals surface area (Å²) in [5, 5.41) is 6.59. The number of carbonyl (C=O) groups is 2. The number of urea groups is 1. The molecule has 1 saturated carbocycles. The first-order valence-electron chi connectivity index (χ1n) is 8.95. The van der Waals surface area contributed by atoms with Gasteiger partial charge < -0.3 is 20.3 Å². The Bertz CT molecular complexity index is 466. The van der Waals surface area contributed by atoms with Gasteiger partial charge in [-0.15, -0.1) is 0 Å². The molecule has 0 aromatic carbocycles. The third kappa shape index (κ3) is 3.18. The summed E-state index contributed by atoms with van der Waals surface area (Å²) >= 11 is 0. The van der Waals surface area contributed by atoms with Gasteiger partial charge in [-0.2, -0.15) is 0 Å². The Morgan fingerprint density at radius 3 is 2.52 bits per heavy atom. The summed E-state index contributed by atoms with van der Waals surface area (Å²) in [6.07, 6.45) is 5.38. The van der Waals surface area contributed by atoms with E-state index in [-0.39, 0.29) is 29.0 Å². The summed E-state index contributed by atoms with van der Waals surface area (Å²) in [7, 11) is 0. The molecular formula is C17H29N3O3. The van der Waals surface area contributed by atoms with Crippen molar-refractivity contribution in [2.75, 3.05) is 26.2 Å². The van der Waals surface area contributed by atoms with E-state index in [1.165, 1.54) is 0 Å². The summed E-state index contributed by atoms with van der Waals surface area (Å²) in [5.74, 6) is -0.0841. The lowest BCUT2D eigenvalue weighted by Gasteiger charge is -2.39. The topological polar surface area (TPSA) is 70.7 Å². The van der Waals surface area contributed by atoms with E-state index in [0.29, 0.717) is 6.61 Å². The molecule has 0 aromatic rings. The minimum absolute atomic E-state index is 0.0375. The van der Waals surface area contributed by atoms with Crippen LogP contribution >= 0.6 is 0 Å². The van der Waals surface area contributed by atoms with Crippen molar-refractivity contribution in [2.45, 2.75) is 64.0 Å². The fourth-order valence-corrected chi connectivity index (χ4v) is 4.28. The Morgan fingerprint density at radius 2 is 1.91 bits per heavy atom. The Kier molecular flexibility index (Phi) is 4.54. The minimum Gasteiger partial charge on any atom is -0.466 e. The van der Waals surface area contributed by atoms with E-state index in [9.17, 15) is 9.59 Å². The first-order valence-corrected chi connectivity index (χ1v) is 8.95. The lowest BCUT2D eigenvalue weighted by molar-refractivity contribution is -0.156. The van der Waals surface area contributed by atoms with Crippen molar-refractivity contribution >= 4 is 12.0 Å². The van der Waals surface area contributed by atoms with Crippen LogP contribution in [-0.4, -0.2) is 54.7 Å². The Hall–Kier alpha value is -1.30. The fraction of sp³-hybridized carbons (Fsp3) is 0.882. The van der Waals surface area contributed by atoms with E-state index >= 15 is 0 Å². The summed E-state index contributed by atoms with van der Waals surface area (Å²) in [6, 6.07) is 0.336. The maximum atomic E-state index is 12.4. The molecule has 6 nitrogen and oxygen atoms in total. The van der Waals surface area contributed by atoms with Crippen molar-refractivity contribution < 1.29 is 14.3 Å². The Balaban J connectivity index is 1.59. The van der Waals surface area contributed by atoms with Crippen molar-refractivity contribution in [2.24, 2.45) is 5.41 Å². The molecule has 2 aliphatic heterocycles. The quantitative estimate of drug-likeness (QED) is 0.775. The number of esters is 1. The molecule has 1 aliphatic carbocycles. The van der Waals surface area contributed by atoms with Gasteiger partial charge in [0, 0.05) is 12.6 Å². The van der Waals surface area contributed by atoms with Crippen LogP contribution in [0.5, 0.6) is 0 Å². The highest BCUT2D eigenvalue weighted by atomic mass is 16.5. The number of ether oxygens (including phenoxy) is 1. The molecule has 0 radical (unpaired) electrons. The van der Waals surface area contributed by atoms with Crippen LogP contribution in [-0.2, 0) is 9.53 Å². The molecule has 1 spiro atoms. The van der Waals surface area contributed by atoms with Gasteiger partial charge in [-0.3, -0.25) is 4.79 Å². The second-order valence-electron chi connectivity index (χ2n) is 7.60. The Morgan fingerprint density at radius 1 is 1.26 bits per heavy atom. The van der Waals surface area contributed by atoms with Gasteiger partial charge in [-0.1, -0.05) is 0 Å². The molecule has 6 heteroatoms. The van der Waals surface area contributed by atoms with E-state index in [1.54, 1.807) is 0 Å². The molecule has 2 heterocycles. The molecule has 0 bridgehead atoms. The maximum absolute atomic E-state index is 12.4. The van der Waals surface area contributed by atoms with Gasteiger partial charge in [0.05, 0.1) is 17.6 Å². The summed E-state index contributed by atoms with van der Waals surface area (Å²) in [5.41, 5.74) is -0.417. The molecule has 2 N–H and O–H groups in total. The molecule has 3 fully saturated rings. The van der Waals surface area contributed by atoms with Gasteiger partial charge in [0.2, 0.25) is 0 Å². The normalized spacial score (nSPS) is 33.6. The lowest BCUT2D eigenvalue weighted by Crippen LogP contribution is -2.51. The third-order valence-corrected chi connectivity index (χ3v) is 5.93. The van der Waals surface area contributed by atoms with E-state index < -0.39 is 0 Å². The SMILES string of the molecule is CCOC(=O)C1(C)CCC(N2CC3(CCNCC3)NC2=O)CC1. The van der Waals surface area contributed by atoms with Crippen molar-refractivity contribution in [3.05, 3.63) is 0 Å². The van der Waals surface area contributed by atoms with Crippen LogP contribution in [0.1, 0.15) is 52.4 Å². The largest absolute Gasteiger partial charge is 0.466 e. The number of nitrogens with zero attached hydrogens (tertiary/aromatic N) is 1. The number of hydrogen-bond donors (Lipinski definition) is 2. The number of carbonyl (C=O) groups excluding carboxylic acids is 2. The first kappa shape index (κ1) is 16.6. The lowest BCUT2D eigenvalue weighted by atomic mass is 9.73. The van der Waals surface area contributed by atoms with Crippen LogP contribution in [0.4, 0.5) is 4.79 Å². The third-order valence-electron chi connectivity index (χ3n) is 5.93. The van der Waals surface area contributed by atoms with Gasteiger partial charge in [0.15, 0.2) is 0 Å². The predicted octanol–water partition coefficient (Wildman–Crippen LogP) is 1.65. The van der Waals surface area contributed by atoms with Crippen molar-refractivity contribution in [1.82, 2.24) is 15.5 Å². The fourth-order valence-electron chi connectivity index (χ4n) is 4.28. The zero-order valence-corrected chi connectivity index (χ0v) is 14.3. The molecule has 3 aliphatic rings. The van der Waals surface area contributed by atoms with Crippen LogP contribution in [0.2, 0.25) is 0 Å². The van der Waals surface area contributed by atoms with Crippen molar-refractivity contribution in [1.29, 1.82) is 0 Å². The molecule has 23 heavy (non-hydrogen) atoms. The van der Waals surface area contributed by atoms with E-state index in [4.69, 9.17) is 4.74 Å². The first-order chi connectivity index (χ1) is 11.0. The molecule has 2 amide bonds. The molecule has 130 valence electrons. The molecule has 2 saturated heterocycles. The van der Waals surface area contributed by atoms with Crippen LogP contribution in [0.25, 0.3) is 0 Å². The smallest absolute Gasteiger partial charge is 0.318 e. The Labute approximate surface area is 138 Å². The van der Waals surface area contributed by atoms with Crippen molar-refractivity contribution in [3.63, 3.8) is 0 Å². The average Bonchev–Trinajstić information content (AvgIpc) is 2.85. The molecule has 0 aromatic heterocycles. The second kappa shape index (κ2) is 6.30. The van der Waals surface area contributed by atoms with Crippen LogP contribution < -0.4 is 10.6 Å². The number of piperidine rings is 1. The standard InChI is InChI=1S/C17H29N3O3/c1-3-23-14(21)16(2)6-4-13(5-7-16)20-12-17(19-15(20)22)8-10-18-11-9-17/h13,18H,3-12H2,1-2H3,(H,19,22). The van der Waals surface area contributed by atoms with E-state index in [0.717, 1.165) is 58.2 Å². The molecule has 0 unspecified atom stereocenters. The number of nitrogens with one attached hydrogen (secondary N) is 2. The average molecular weight is 323 g/mol. The highest BCUT2D eigenvalue weighted by Gasteiger charge is 2.47. The highest BCUT2D eigenvalue weighted by Crippen LogP contribution is 2.40. The van der Waals surface area contributed by atoms with Crippen molar-refractivity contribution in [3.8, 4) is 0 Å². The summed E-state index contributed by atoms with van der Waals surface area (Å²) in [4.78, 5) is 26.6. The highest BCUT2D eigenvalue weighted by molar-refractivity contribution is 5.79. The predicted molar refractivity (Wildman–Crippen MR) is 87.1 cm³/mol. The zero-order valence-electron chi connectivity index (χ0n) is 14.3. The number of amides is 2. The van der Waals surface area contributed by atoms with Gasteiger partial charge in [-0.05, 0) is 65.5 Å². The number of hydrogen-bond acceptors (Lipinski definition) is 4. The monoisotopic (exact) mass is 323 g/mol. The molecule has 0 atom stereocenters. The summed E-state index contributed by atoms with van der Waals surface area (Å²) in [6.45, 7) is 7.04. The molecular weight excluding hydrogens is 294 g/mol. The van der Waals surface area contributed by atoms with Crippen LogP contribution in [0, 0.1) is 5.41 Å². The molecule has 3 rings (SSSR count). The maximum Gasteiger partial charge on any atom is 0.318 e. The van der Waals surface area contributed by atoms with Gasteiger partial charge in [0.25, 0.3) is 0 Å². The van der Waals surface area contributed by atoms with E-state index in [1.807, 2.05) is 18.7 Å². The minimum atomic E-state index is -0.380. The zero-order chi connectivity index (χ0) is 16.5. The van der Waals surface area contributed by atoms with Crippen LogP contribution in [0.15, 0.2) is 0 Å². The number of rotatable bonds is 3. The second-order valence-corrected chi connectivity index (χ2v) is 7.60. The summed E-state index contributed by atoms with van der Waals surface area (Å²) < 4.78 is 5.22. The van der Waals surface area contributed by atoms with Gasteiger partial charge in [0.1, 0.15) is 0 Å². The van der Waals surface area contributed by atoms with Crippen LogP contribution in [0.3, 0.4) is 0 Å². The van der Waals surface area contributed by atoms with Gasteiger partial charge in [-0.25, -0.2) is 4.79 Å².